The van der Waals surface area contributed by atoms with Crippen molar-refractivity contribution >= 4 is 0 Å². The lowest BCUT2D eigenvalue weighted by Crippen LogP contribution is -2.20. The monoisotopic (exact) mass is 247 g/mol. The van der Waals surface area contributed by atoms with Crippen molar-refractivity contribution in [3.05, 3.63) is 42.0 Å². The van der Waals surface area contributed by atoms with Gasteiger partial charge < -0.3 is 10.1 Å². The molecule has 0 amide bonds. The molecule has 100 valence electrons. The third-order valence-corrected chi connectivity index (χ3v) is 2.71. The lowest BCUT2D eigenvalue weighted by atomic mass is 10.1. The van der Waals surface area contributed by atoms with Crippen LogP contribution in [0.15, 0.2) is 36.4 Å². The Morgan fingerprint density at radius 3 is 2.50 bits per heavy atom. The third kappa shape index (κ3) is 5.87. The summed E-state index contributed by atoms with van der Waals surface area (Å²) in [6.45, 7) is 10.8. The summed E-state index contributed by atoms with van der Waals surface area (Å²) in [5, 5.41) is 3.32. The van der Waals surface area contributed by atoms with E-state index in [1.165, 1.54) is 12.0 Å². The highest BCUT2D eigenvalue weighted by atomic mass is 16.5. The first kappa shape index (κ1) is 14.8. The van der Waals surface area contributed by atoms with Gasteiger partial charge in [0.05, 0.1) is 0 Å². The molecule has 1 aromatic rings. The highest BCUT2D eigenvalue weighted by Gasteiger charge is 1.98. The molecule has 18 heavy (non-hydrogen) atoms. The molecule has 1 N–H and O–H groups in total. The maximum atomic E-state index is 5.69. The van der Waals surface area contributed by atoms with Gasteiger partial charge in [-0.15, -0.1) is 0 Å². The Kier molecular flexibility index (Phi) is 7.19. The molecule has 0 unspecified atom stereocenters. The number of hydrogen-bond donors (Lipinski definition) is 1. The third-order valence-electron chi connectivity index (χ3n) is 2.71. The summed E-state index contributed by atoms with van der Waals surface area (Å²) in [5.41, 5.74) is 2.45. The average molecular weight is 247 g/mol. The van der Waals surface area contributed by atoms with Crippen LogP contribution < -0.4 is 10.1 Å². The summed E-state index contributed by atoms with van der Waals surface area (Å²) in [6.07, 6.45) is 3.46. The van der Waals surface area contributed by atoms with E-state index in [1.54, 1.807) is 0 Å². The van der Waals surface area contributed by atoms with Gasteiger partial charge in [0.15, 0.2) is 0 Å². The fraction of sp³-hybridized carbons (Fsp3) is 0.500. The summed E-state index contributed by atoms with van der Waals surface area (Å²) in [5.74, 6) is 0.923. The van der Waals surface area contributed by atoms with Crippen molar-refractivity contribution < 1.29 is 4.74 Å². The minimum atomic E-state index is 0.587. The first-order valence-electron chi connectivity index (χ1n) is 6.85. The van der Waals surface area contributed by atoms with Crippen LogP contribution in [0, 0.1) is 0 Å². The Morgan fingerprint density at radius 2 is 1.89 bits per heavy atom. The van der Waals surface area contributed by atoms with Crippen LogP contribution in [0.4, 0.5) is 0 Å². The maximum absolute atomic E-state index is 5.69. The van der Waals surface area contributed by atoms with Crippen molar-refractivity contribution in [1.82, 2.24) is 5.32 Å². The predicted octanol–water partition coefficient (Wildman–Crippen LogP) is 3.57. The quantitative estimate of drug-likeness (QED) is 0.532. The largest absolute Gasteiger partial charge is 0.489 e. The molecule has 0 spiro atoms. The van der Waals surface area contributed by atoms with Gasteiger partial charge in [-0.2, -0.15) is 0 Å². The molecule has 1 aromatic carbocycles. The fourth-order valence-electron chi connectivity index (χ4n) is 1.72. The molecule has 0 saturated heterocycles. The summed E-state index contributed by atoms with van der Waals surface area (Å²) < 4.78 is 5.69. The van der Waals surface area contributed by atoms with Gasteiger partial charge in [-0.3, -0.25) is 0 Å². The molecule has 1 rings (SSSR count). The lowest BCUT2D eigenvalue weighted by Gasteiger charge is -2.10. The summed E-state index contributed by atoms with van der Waals surface area (Å²) in [6, 6.07) is 8.35. The van der Waals surface area contributed by atoms with Gasteiger partial charge in [-0.05, 0) is 42.7 Å². The smallest absolute Gasteiger partial charge is 0.119 e. The highest BCUT2D eigenvalue weighted by molar-refractivity contribution is 5.27. The minimum absolute atomic E-state index is 0.587. The molecule has 0 aliphatic carbocycles. The standard InChI is InChI=1S/C16H25NO/c1-4-6-15-7-9-16(10-8-15)18-13-14(3)12-17-11-5-2/h7-10,17H,3-6,11-13H2,1-2H3. The van der Waals surface area contributed by atoms with Crippen LogP contribution in [0.25, 0.3) is 0 Å². The number of aryl methyl sites for hydroxylation is 1. The lowest BCUT2D eigenvalue weighted by molar-refractivity contribution is 0.348. The van der Waals surface area contributed by atoms with Crippen LogP contribution in [0.5, 0.6) is 5.75 Å². The molecule has 0 radical (unpaired) electrons. The molecule has 0 saturated carbocycles. The topological polar surface area (TPSA) is 21.3 Å². The summed E-state index contributed by atoms with van der Waals surface area (Å²) in [4.78, 5) is 0. The van der Waals surface area contributed by atoms with Crippen LogP contribution in [0.3, 0.4) is 0 Å². The Morgan fingerprint density at radius 1 is 1.17 bits per heavy atom. The maximum Gasteiger partial charge on any atom is 0.119 e. The van der Waals surface area contributed by atoms with Gasteiger partial charge >= 0.3 is 0 Å². The van der Waals surface area contributed by atoms with E-state index >= 15 is 0 Å². The van der Waals surface area contributed by atoms with Crippen molar-refractivity contribution in [2.75, 3.05) is 19.7 Å². The number of nitrogens with one attached hydrogen (secondary N) is 1. The molecule has 0 aromatic heterocycles. The second kappa shape index (κ2) is 8.76. The molecule has 0 bridgehead atoms. The molecule has 0 heterocycles. The molecular weight excluding hydrogens is 222 g/mol. The van der Waals surface area contributed by atoms with Gasteiger partial charge in [0.1, 0.15) is 12.4 Å². The van der Waals surface area contributed by atoms with Crippen LogP contribution in [0.2, 0.25) is 0 Å². The van der Waals surface area contributed by atoms with E-state index in [0.717, 1.165) is 37.3 Å². The first-order chi connectivity index (χ1) is 8.76. The zero-order valence-electron chi connectivity index (χ0n) is 11.7. The molecule has 0 fully saturated rings. The molecular formula is C16H25NO. The van der Waals surface area contributed by atoms with Crippen molar-refractivity contribution in [2.24, 2.45) is 0 Å². The second-order valence-electron chi connectivity index (χ2n) is 4.61. The van der Waals surface area contributed by atoms with E-state index in [-0.39, 0.29) is 0 Å². The first-order valence-corrected chi connectivity index (χ1v) is 6.85. The van der Waals surface area contributed by atoms with E-state index in [4.69, 9.17) is 4.74 Å². The van der Waals surface area contributed by atoms with E-state index in [9.17, 15) is 0 Å². The minimum Gasteiger partial charge on any atom is -0.489 e. The summed E-state index contributed by atoms with van der Waals surface area (Å²) in [7, 11) is 0. The van der Waals surface area contributed by atoms with Crippen molar-refractivity contribution in [3.63, 3.8) is 0 Å². The Balaban J connectivity index is 2.27. The number of ether oxygens (including phenoxy) is 1. The van der Waals surface area contributed by atoms with Gasteiger partial charge in [0, 0.05) is 6.54 Å². The highest BCUT2D eigenvalue weighted by Crippen LogP contribution is 2.13. The molecule has 0 aliphatic rings. The predicted molar refractivity (Wildman–Crippen MR) is 78.2 cm³/mol. The zero-order valence-corrected chi connectivity index (χ0v) is 11.7. The molecule has 2 heteroatoms. The molecule has 2 nitrogen and oxygen atoms in total. The van der Waals surface area contributed by atoms with Gasteiger partial charge in [0.2, 0.25) is 0 Å². The van der Waals surface area contributed by atoms with E-state index in [2.05, 4.69) is 37.9 Å². The van der Waals surface area contributed by atoms with Crippen molar-refractivity contribution in [3.8, 4) is 5.75 Å². The summed E-state index contributed by atoms with van der Waals surface area (Å²) >= 11 is 0. The normalized spacial score (nSPS) is 10.3. The van der Waals surface area contributed by atoms with Crippen LogP contribution >= 0.6 is 0 Å². The number of benzene rings is 1. The second-order valence-corrected chi connectivity index (χ2v) is 4.61. The van der Waals surface area contributed by atoms with Crippen molar-refractivity contribution in [1.29, 1.82) is 0 Å². The SMILES string of the molecule is C=C(CNCCC)COc1ccc(CCC)cc1. The van der Waals surface area contributed by atoms with Gasteiger partial charge in [-0.25, -0.2) is 0 Å². The Hall–Kier alpha value is -1.28. The van der Waals surface area contributed by atoms with Crippen LogP contribution in [-0.4, -0.2) is 19.7 Å². The van der Waals surface area contributed by atoms with Gasteiger partial charge in [0.25, 0.3) is 0 Å². The van der Waals surface area contributed by atoms with Crippen LogP contribution in [0.1, 0.15) is 32.3 Å². The Bertz CT molecular complexity index is 343. The number of rotatable bonds is 9. The van der Waals surface area contributed by atoms with E-state index in [1.807, 2.05) is 12.1 Å². The van der Waals surface area contributed by atoms with E-state index < -0.39 is 0 Å². The molecule has 0 aliphatic heterocycles. The van der Waals surface area contributed by atoms with E-state index in [0.29, 0.717) is 6.61 Å². The zero-order chi connectivity index (χ0) is 13.2. The molecule has 0 atom stereocenters. The average Bonchev–Trinajstić information content (AvgIpc) is 2.39. The Labute approximate surface area is 111 Å². The van der Waals surface area contributed by atoms with Gasteiger partial charge in [-0.1, -0.05) is 39.0 Å². The fourth-order valence-corrected chi connectivity index (χ4v) is 1.72. The van der Waals surface area contributed by atoms with Crippen molar-refractivity contribution in [2.45, 2.75) is 33.1 Å². The van der Waals surface area contributed by atoms with Crippen LogP contribution in [-0.2, 0) is 6.42 Å². The number of hydrogen-bond acceptors (Lipinski definition) is 2.